The second-order valence-electron chi connectivity index (χ2n) is 10.7. The Labute approximate surface area is 266 Å². The Hall–Kier alpha value is -4.63. The summed E-state index contributed by atoms with van der Waals surface area (Å²) in [4.78, 5) is 32.1. The lowest BCUT2D eigenvalue weighted by atomic mass is 9.96. The lowest BCUT2D eigenvalue weighted by Gasteiger charge is -2.24. The lowest BCUT2D eigenvalue weighted by Crippen LogP contribution is -2.39. The van der Waals surface area contributed by atoms with Gasteiger partial charge in [0.2, 0.25) is 0 Å². The summed E-state index contributed by atoms with van der Waals surface area (Å²) in [5.41, 5.74) is 3.54. The number of esters is 1. The molecule has 0 aliphatic carbocycles. The van der Waals surface area contributed by atoms with Crippen LogP contribution in [0.4, 0.5) is 0 Å². The van der Waals surface area contributed by atoms with Gasteiger partial charge in [-0.25, -0.2) is 9.79 Å². The number of benzene rings is 3. The number of methoxy groups -OCH3 is 1. The van der Waals surface area contributed by atoms with Crippen molar-refractivity contribution in [3.8, 4) is 17.2 Å². The van der Waals surface area contributed by atoms with Crippen molar-refractivity contribution in [2.75, 3.05) is 26.9 Å². The maximum atomic E-state index is 13.8. The van der Waals surface area contributed by atoms with Gasteiger partial charge in [0, 0.05) is 0 Å². The van der Waals surface area contributed by atoms with Crippen LogP contribution < -0.4 is 29.1 Å². The highest BCUT2D eigenvalue weighted by atomic mass is 32.1. The van der Waals surface area contributed by atoms with Crippen LogP contribution in [0.5, 0.6) is 17.2 Å². The number of nitrogens with zero attached hydrogens (tertiary/aromatic N) is 2. The van der Waals surface area contributed by atoms with Gasteiger partial charge in [-0.1, -0.05) is 61.6 Å². The monoisotopic (exact) mass is 626 g/mol. The first-order chi connectivity index (χ1) is 21.8. The van der Waals surface area contributed by atoms with Gasteiger partial charge in [-0.2, -0.15) is 0 Å². The summed E-state index contributed by atoms with van der Waals surface area (Å²) >= 11 is 1.29. The fourth-order valence-electron chi connectivity index (χ4n) is 5.15. The van der Waals surface area contributed by atoms with Crippen LogP contribution in [-0.4, -0.2) is 37.5 Å². The number of rotatable bonds is 12. The van der Waals surface area contributed by atoms with E-state index in [4.69, 9.17) is 18.9 Å². The Morgan fingerprint density at radius 1 is 0.933 bits per heavy atom. The van der Waals surface area contributed by atoms with Crippen LogP contribution in [0.15, 0.2) is 93.9 Å². The van der Waals surface area contributed by atoms with Crippen LogP contribution >= 0.6 is 11.3 Å². The van der Waals surface area contributed by atoms with E-state index in [0.29, 0.717) is 51.2 Å². The van der Waals surface area contributed by atoms with Crippen LogP contribution in [0.1, 0.15) is 62.8 Å². The topological polar surface area (TPSA) is 88.4 Å². The Bertz CT molecular complexity index is 1840. The molecule has 5 rings (SSSR count). The van der Waals surface area contributed by atoms with Gasteiger partial charge in [0.25, 0.3) is 5.56 Å². The Morgan fingerprint density at radius 3 is 2.11 bits per heavy atom. The van der Waals surface area contributed by atoms with E-state index in [2.05, 4.69) is 31.0 Å². The van der Waals surface area contributed by atoms with E-state index in [1.807, 2.05) is 66.7 Å². The Balaban J connectivity index is 1.32. The molecule has 9 heteroatoms. The summed E-state index contributed by atoms with van der Waals surface area (Å²) in [7, 11) is 1.59. The van der Waals surface area contributed by atoms with E-state index in [9.17, 15) is 9.59 Å². The smallest absolute Gasteiger partial charge is 0.338 e. The summed E-state index contributed by atoms with van der Waals surface area (Å²) in [6.45, 7) is 8.97. The molecular weight excluding hydrogens is 588 g/mol. The number of thiazole rings is 1. The highest BCUT2D eigenvalue weighted by molar-refractivity contribution is 7.07. The first-order valence-electron chi connectivity index (χ1n) is 15.1. The van der Waals surface area contributed by atoms with Gasteiger partial charge in [0.1, 0.15) is 30.5 Å². The predicted molar refractivity (Wildman–Crippen MR) is 176 cm³/mol. The molecule has 0 spiro atoms. The van der Waals surface area contributed by atoms with Gasteiger partial charge < -0.3 is 18.9 Å². The summed E-state index contributed by atoms with van der Waals surface area (Å²) in [6, 6.07) is 22.4. The van der Waals surface area contributed by atoms with Crippen molar-refractivity contribution in [3.05, 3.63) is 120 Å². The van der Waals surface area contributed by atoms with E-state index >= 15 is 0 Å². The standard InChI is InChI=1S/C36H38N2O6S/c1-6-23(3)26-10-18-30(19-11-26)44-21-20-43-29-14-8-25(9-15-29)22-31-34(39)38-33(27-12-16-28(41-5)17-13-27)32(35(40)42-7-2)24(4)37-36(38)45-31/h8-19,22-23,33H,6-7,20-21H2,1-5H3/b31-22-/t23-,33-/m1/s1. The number of carbonyl (C=O) groups is 1. The lowest BCUT2D eigenvalue weighted by molar-refractivity contribution is -0.139. The molecule has 0 bridgehead atoms. The maximum Gasteiger partial charge on any atom is 0.338 e. The molecule has 0 radical (unpaired) electrons. The molecule has 0 fully saturated rings. The molecule has 45 heavy (non-hydrogen) atoms. The number of allylic oxidation sites excluding steroid dienone is 1. The predicted octanol–water partition coefficient (Wildman–Crippen LogP) is 5.78. The van der Waals surface area contributed by atoms with Gasteiger partial charge in [-0.3, -0.25) is 9.36 Å². The fraction of sp³-hybridized carbons (Fsp3) is 0.306. The molecule has 8 nitrogen and oxygen atoms in total. The van der Waals surface area contributed by atoms with E-state index in [0.717, 1.165) is 23.3 Å². The number of carbonyl (C=O) groups excluding carboxylic acids is 1. The molecule has 2 heterocycles. The number of aromatic nitrogens is 1. The summed E-state index contributed by atoms with van der Waals surface area (Å²) < 4.78 is 24.5. The van der Waals surface area contributed by atoms with Crippen molar-refractivity contribution in [1.29, 1.82) is 0 Å². The van der Waals surface area contributed by atoms with Crippen molar-refractivity contribution < 1.29 is 23.7 Å². The number of hydrogen-bond acceptors (Lipinski definition) is 8. The minimum absolute atomic E-state index is 0.217. The van der Waals surface area contributed by atoms with E-state index < -0.39 is 12.0 Å². The highest BCUT2D eigenvalue weighted by Gasteiger charge is 2.33. The van der Waals surface area contributed by atoms with E-state index in [-0.39, 0.29) is 12.2 Å². The zero-order chi connectivity index (χ0) is 31.9. The molecule has 0 N–H and O–H groups in total. The minimum Gasteiger partial charge on any atom is -0.497 e. The third-order valence-corrected chi connectivity index (χ3v) is 8.79. The average molecular weight is 627 g/mol. The summed E-state index contributed by atoms with van der Waals surface area (Å²) in [5.74, 6) is 2.24. The van der Waals surface area contributed by atoms with Crippen molar-refractivity contribution in [1.82, 2.24) is 4.57 Å². The number of fused-ring (bicyclic) bond motifs is 1. The van der Waals surface area contributed by atoms with Gasteiger partial charge >= 0.3 is 5.97 Å². The first-order valence-corrected chi connectivity index (χ1v) is 15.9. The van der Waals surface area contributed by atoms with E-state index in [1.54, 1.807) is 25.5 Å². The molecule has 0 saturated heterocycles. The quantitative estimate of drug-likeness (QED) is 0.146. The van der Waals surface area contributed by atoms with Crippen molar-refractivity contribution >= 4 is 23.4 Å². The fourth-order valence-corrected chi connectivity index (χ4v) is 6.20. The zero-order valence-electron chi connectivity index (χ0n) is 26.2. The molecule has 0 saturated carbocycles. The number of hydrogen-bond donors (Lipinski definition) is 0. The summed E-state index contributed by atoms with van der Waals surface area (Å²) in [5, 5.41) is 0. The molecule has 234 valence electrons. The van der Waals surface area contributed by atoms with Crippen molar-refractivity contribution in [2.45, 2.75) is 46.1 Å². The molecule has 0 amide bonds. The molecule has 1 aliphatic rings. The third-order valence-electron chi connectivity index (χ3n) is 7.81. The van der Waals surface area contributed by atoms with Gasteiger partial charge in [-0.05, 0) is 85.4 Å². The second-order valence-corrected chi connectivity index (χ2v) is 11.7. The molecular formula is C36H38N2O6S. The SMILES string of the molecule is CCOC(=O)C1=C(C)N=c2s/c(=C\c3ccc(OCCOc4ccc([C@H](C)CC)cc4)cc3)c(=O)n2[C@@H]1c1ccc(OC)cc1. The van der Waals surface area contributed by atoms with Crippen LogP contribution in [0.2, 0.25) is 0 Å². The van der Waals surface area contributed by atoms with Crippen molar-refractivity contribution in [3.63, 3.8) is 0 Å². The van der Waals surface area contributed by atoms with Crippen LogP contribution in [0.3, 0.4) is 0 Å². The van der Waals surface area contributed by atoms with Crippen LogP contribution in [-0.2, 0) is 9.53 Å². The molecule has 3 aromatic carbocycles. The largest absolute Gasteiger partial charge is 0.497 e. The normalized spacial score (nSPS) is 15.2. The van der Waals surface area contributed by atoms with Crippen LogP contribution in [0, 0.1) is 0 Å². The molecule has 4 aromatic rings. The molecule has 0 unspecified atom stereocenters. The first kappa shape index (κ1) is 31.8. The Kier molecular flexibility index (Phi) is 10.2. The Morgan fingerprint density at radius 2 is 1.53 bits per heavy atom. The minimum atomic E-state index is -0.677. The maximum absolute atomic E-state index is 13.8. The zero-order valence-corrected chi connectivity index (χ0v) is 27.1. The third kappa shape index (κ3) is 7.20. The average Bonchev–Trinajstić information content (AvgIpc) is 3.36. The van der Waals surface area contributed by atoms with Crippen LogP contribution in [0.25, 0.3) is 6.08 Å². The van der Waals surface area contributed by atoms with Gasteiger partial charge in [0.05, 0.1) is 35.6 Å². The highest BCUT2D eigenvalue weighted by Crippen LogP contribution is 2.31. The van der Waals surface area contributed by atoms with E-state index in [1.165, 1.54) is 16.9 Å². The van der Waals surface area contributed by atoms with Gasteiger partial charge in [-0.15, -0.1) is 0 Å². The molecule has 1 aromatic heterocycles. The van der Waals surface area contributed by atoms with Gasteiger partial charge in [0.15, 0.2) is 4.80 Å². The second kappa shape index (κ2) is 14.4. The number of ether oxygens (including phenoxy) is 4. The molecule has 2 atom stereocenters. The molecule has 1 aliphatic heterocycles. The van der Waals surface area contributed by atoms with Crippen molar-refractivity contribution in [2.24, 2.45) is 4.99 Å². The summed E-state index contributed by atoms with van der Waals surface area (Å²) in [6.07, 6.45) is 2.93.